The second-order valence-electron chi connectivity index (χ2n) is 5.98. The first kappa shape index (κ1) is 18.4. The summed E-state index contributed by atoms with van der Waals surface area (Å²) in [4.78, 5) is 14.2. The third-order valence-electron chi connectivity index (χ3n) is 4.48. The van der Waals surface area contributed by atoms with Gasteiger partial charge in [0.15, 0.2) is 11.6 Å². The van der Waals surface area contributed by atoms with Gasteiger partial charge in [-0.25, -0.2) is 8.78 Å². The Morgan fingerprint density at radius 2 is 1.70 bits per heavy atom. The lowest BCUT2D eigenvalue weighted by atomic mass is 10.1. The summed E-state index contributed by atoms with van der Waals surface area (Å²) in [7, 11) is 1.29. The quantitative estimate of drug-likeness (QED) is 0.604. The smallest absolute Gasteiger partial charge is 0.295 e. The van der Waals surface area contributed by atoms with E-state index in [1.165, 1.54) is 19.2 Å². The van der Waals surface area contributed by atoms with E-state index in [1.54, 1.807) is 21.9 Å². The number of nitriles is 1. The van der Waals surface area contributed by atoms with E-state index in [2.05, 4.69) is 0 Å². The van der Waals surface area contributed by atoms with Crippen LogP contribution in [0.1, 0.15) is 5.56 Å². The maximum atomic E-state index is 14.2. The minimum atomic E-state index is -0.800. The zero-order chi connectivity index (χ0) is 19.6. The standard InChI is InChI=1S/C18H16F2N4O3/c1-27-18-10-16(17(24(25)26)9-14(18)20)23-6-4-22(5-7-23)15-3-2-12(11-21)8-13(15)19/h2-3,8-10H,4-7H2,1H3. The van der Waals surface area contributed by atoms with E-state index >= 15 is 0 Å². The van der Waals surface area contributed by atoms with Crippen molar-refractivity contribution in [2.24, 2.45) is 0 Å². The molecule has 0 atom stereocenters. The molecule has 0 N–H and O–H groups in total. The number of rotatable bonds is 4. The van der Waals surface area contributed by atoms with Crippen molar-refractivity contribution in [1.82, 2.24) is 0 Å². The number of hydrogen-bond acceptors (Lipinski definition) is 6. The topological polar surface area (TPSA) is 82.6 Å². The average Bonchev–Trinajstić information content (AvgIpc) is 2.67. The molecule has 9 heteroatoms. The summed E-state index contributed by atoms with van der Waals surface area (Å²) in [6.07, 6.45) is 0. The highest BCUT2D eigenvalue weighted by Gasteiger charge is 2.27. The second kappa shape index (κ2) is 7.45. The SMILES string of the molecule is COc1cc(N2CCN(c3ccc(C#N)cc3F)CC2)c([N+](=O)[O-])cc1F. The van der Waals surface area contributed by atoms with Gasteiger partial charge in [-0.15, -0.1) is 0 Å². The first-order valence-corrected chi connectivity index (χ1v) is 8.16. The van der Waals surface area contributed by atoms with Crippen LogP contribution in [0.5, 0.6) is 5.75 Å². The molecule has 0 unspecified atom stereocenters. The molecule has 7 nitrogen and oxygen atoms in total. The largest absolute Gasteiger partial charge is 0.494 e. The number of methoxy groups -OCH3 is 1. The van der Waals surface area contributed by atoms with Crippen molar-refractivity contribution in [2.45, 2.75) is 0 Å². The predicted octanol–water partition coefficient (Wildman–Crippen LogP) is 3.08. The third-order valence-corrected chi connectivity index (χ3v) is 4.48. The molecule has 0 aliphatic carbocycles. The molecule has 1 saturated heterocycles. The van der Waals surface area contributed by atoms with Crippen molar-refractivity contribution in [1.29, 1.82) is 5.26 Å². The van der Waals surface area contributed by atoms with E-state index in [1.807, 2.05) is 6.07 Å². The number of halogens is 2. The number of nitro benzene ring substituents is 1. The highest BCUT2D eigenvalue weighted by Crippen LogP contribution is 2.35. The summed E-state index contributed by atoms with van der Waals surface area (Å²) >= 11 is 0. The average molecular weight is 374 g/mol. The van der Waals surface area contributed by atoms with Crippen molar-refractivity contribution in [3.63, 3.8) is 0 Å². The van der Waals surface area contributed by atoms with Crippen LogP contribution in [-0.2, 0) is 0 Å². The van der Waals surface area contributed by atoms with Crippen molar-refractivity contribution >= 4 is 17.1 Å². The Labute approximate surface area is 154 Å². The molecule has 0 amide bonds. The number of hydrogen-bond donors (Lipinski definition) is 0. The van der Waals surface area contributed by atoms with Gasteiger partial charge in [-0.3, -0.25) is 10.1 Å². The van der Waals surface area contributed by atoms with E-state index < -0.39 is 16.6 Å². The molecular weight excluding hydrogens is 358 g/mol. The highest BCUT2D eigenvalue weighted by molar-refractivity contribution is 5.67. The fraction of sp³-hybridized carbons (Fsp3) is 0.278. The minimum Gasteiger partial charge on any atom is -0.494 e. The Kier molecular flexibility index (Phi) is 5.07. The van der Waals surface area contributed by atoms with Crippen LogP contribution in [0.15, 0.2) is 30.3 Å². The van der Waals surface area contributed by atoms with Gasteiger partial charge in [-0.05, 0) is 18.2 Å². The number of nitrogens with zero attached hydrogens (tertiary/aromatic N) is 4. The number of anilines is 2. The van der Waals surface area contributed by atoms with E-state index in [0.717, 1.165) is 6.07 Å². The molecule has 140 valence electrons. The summed E-state index contributed by atoms with van der Waals surface area (Å²) in [6.45, 7) is 1.60. The minimum absolute atomic E-state index is 0.0730. The van der Waals surface area contributed by atoms with Crippen LogP contribution in [0, 0.1) is 33.1 Å². The zero-order valence-electron chi connectivity index (χ0n) is 14.5. The molecule has 0 saturated carbocycles. The lowest BCUT2D eigenvalue weighted by molar-refractivity contribution is -0.384. The van der Waals surface area contributed by atoms with Gasteiger partial charge in [0.2, 0.25) is 0 Å². The van der Waals surface area contributed by atoms with E-state index in [9.17, 15) is 18.9 Å². The lowest BCUT2D eigenvalue weighted by Gasteiger charge is -2.37. The van der Waals surface area contributed by atoms with Gasteiger partial charge >= 0.3 is 0 Å². The van der Waals surface area contributed by atoms with Crippen molar-refractivity contribution in [3.05, 3.63) is 57.6 Å². The van der Waals surface area contributed by atoms with Crippen molar-refractivity contribution in [3.8, 4) is 11.8 Å². The predicted molar refractivity (Wildman–Crippen MR) is 95.1 cm³/mol. The van der Waals surface area contributed by atoms with E-state index in [-0.39, 0.29) is 22.7 Å². The molecule has 0 radical (unpaired) electrons. The third kappa shape index (κ3) is 3.60. The number of nitro groups is 1. The van der Waals surface area contributed by atoms with Crippen molar-refractivity contribution < 1.29 is 18.4 Å². The van der Waals surface area contributed by atoms with Crippen LogP contribution in [-0.4, -0.2) is 38.2 Å². The Bertz CT molecular complexity index is 922. The molecule has 2 aromatic rings. The van der Waals surface area contributed by atoms with Crippen LogP contribution in [0.2, 0.25) is 0 Å². The maximum Gasteiger partial charge on any atom is 0.295 e. The van der Waals surface area contributed by atoms with Gasteiger partial charge in [0, 0.05) is 32.2 Å². The van der Waals surface area contributed by atoms with Crippen LogP contribution < -0.4 is 14.5 Å². The monoisotopic (exact) mass is 374 g/mol. The van der Waals surface area contributed by atoms with Gasteiger partial charge in [0.05, 0.1) is 35.4 Å². The Morgan fingerprint density at radius 1 is 1.07 bits per heavy atom. The van der Waals surface area contributed by atoms with Gasteiger partial charge in [0.25, 0.3) is 5.69 Å². The fourth-order valence-electron chi connectivity index (χ4n) is 3.11. The van der Waals surface area contributed by atoms with E-state index in [4.69, 9.17) is 10.00 Å². The first-order chi connectivity index (χ1) is 12.9. The molecule has 2 aromatic carbocycles. The van der Waals surface area contributed by atoms with Gasteiger partial charge in [0.1, 0.15) is 11.5 Å². The molecule has 3 rings (SSSR count). The van der Waals surface area contributed by atoms with Crippen LogP contribution in [0.3, 0.4) is 0 Å². The number of ether oxygens (including phenoxy) is 1. The summed E-state index contributed by atoms with van der Waals surface area (Å²) in [5, 5.41) is 20.1. The van der Waals surface area contributed by atoms with E-state index in [0.29, 0.717) is 31.9 Å². The van der Waals surface area contributed by atoms with Crippen molar-refractivity contribution in [2.75, 3.05) is 43.1 Å². The number of piperazine rings is 1. The Hall–Kier alpha value is -3.41. The number of benzene rings is 2. The van der Waals surface area contributed by atoms with Gasteiger partial charge in [-0.1, -0.05) is 0 Å². The molecule has 0 aromatic heterocycles. The zero-order valence-corrected chi connectivity index (χ0v) is 14.5. The Balaban J connectivity index is 1.82. The molecule has 27 heavy (non-hydrogen) atoms. The summed E-state index contributed by atoms with van der Waals surface area (Å²) in [6, 6.07) is 8.31. The van der Waals surface area contributed by atoms with Crippen LogP contribution in [0.4, 0.5) is 25.8 Å². The molecular formula is C18H16F2N4O3. The first-order valence-electron chi connectivity index (χ1n) is 8.16. The maximum absolute atomic E-state index is 14.2. The van der Waals surface area contributed by atoms with Gasteiger partial charge < -0.3 is 14.5 Å². The highest BCUT2D eigenvalue weighted by atomic mass is 19.1. The summed E-state index contributed by atoms with van der Waals surface area (Å²) in [5.41, 5.74) is 0.535. The van der Waals surface area contributed by atoms with Crippen LogP contribution in [0.25, 0.3) is 0 Å². The van der Waals surface area contributed by atoms with Crippen LogP contribution >= 0.6 is 0 Å². The second-order valence-corrected chi connectivity index (χ2v) is 5.98. The molecule has 1 aliphatic rings. The molecule has 1 heterocycles. The van der Waals surface area contributed by atoms with Gasteiger partial charge in [-0.2, -0.15) is 5.26 Å². The Morgan fingerprint density at radius 3 is 2.22 bits per heavy atom. The lowest BCUT2D eigenvalue weighted by Crippen LogP contribution is -2.47. The summed E-state index contributed by atoms with van der Waals surface area (Å²) < 4.78 is 33.0. The molecule has 0 spiro atoms. The summed E-state index contributed by atoms with van der Waals surface area (Å²) in [5.74, 6) is -1.36. The molecule has 1 fully saturated rings. The fourth-order valence-corrected chi connectivity index (χ4v) is 3.11. The molecule has 0 bridgehead atoms. The normalized spacial score (nSPS) is 14.0. The molecule has 1 aliphatic heterocycles.